The molecule has 0 radical (unpaired) electrons. The zero-order valence-corrected chi connectivity index (χ0v) is 32.1. The fourth-order valence-corrected chi connectivity index (χ4v) is 7.86. The van der Waals surface area contributed by atoms with Crippen LogP contribution < -0.4 is 24.6 Å². The van der Waals surface area contributed by atoms with Crippen molar-refractivity contribution in [2.45, 2.75) is 69.0 Å². The van der Waals surface area contributed by atoms with Gasteiger partial charge in [-0.25, -0.2) is 8.42 Å². The van der Waals surface area contributed by atoms with Gasteiger partial charge in [0.25, 0.3) is 15.7 Å². The first-order chi connectivity index (χ1) is 26.7. The number of phenols is 1. The highest BCUT2D eigenvalue weighted by Gasteiger charge is 2.47. The molecule has 1 aromatic heterocycles. The second kappa shape index (κ2) is 15.7. The van der Waals surface area contributed by atoms with E-state index in [-0.39, 0.29) is 39.9 Å². The van der Waals surface area contributed by atoms with Crippen molar-refractivity contribution in [1.82, 2.24) is 10.5 Å². The third-order valence-corrected chi connectivity index (χ3v) is 11.4. The summed E-state index contributed by atoms with van der Waals surface area (Å²) in [7, 11) is -4.47. The van der Waals surface area contributed by atoms with E-state index in [4.69, 9.17) is 14.2 Å². The van der Waals surface area contributed by atoms with Gasteiger partial charge in [-0.1, -0.05) is 48.5 Å². The van der Waals surface area contributed by atoms with Crippen molar-refractivity contribution in [2.75, 3.05) is 18.1 Å². The number of hydrogen-bond acceptors (Lipinski definition) is 12. The van der Waals surface area contributed by atoms with Crippen molar-refractivity contribution in [2.24, 2.45) is 0 Å². The predicted octanol–water partition coefficient (Wildman–Crippen LogP) is 5.10. The summed E-state index contributed by atoms with van der Waals surface area (Å²) < 4.78 is 49.0. The Kier molecular flexibility index (Phi) is 11.0. The molecule has 6 rings (SSSR count). The average Bonchev–Trinajstić information content (AvgIpc) is 3.57. The molecule has 56 heavy (non-hydrogen) atoms. The third kappa shape index (κ3) is 7.47. The fourth-order valence-electron chi connectivity index (χ4n) is 6.59. The van der Waals surface area contributed by atoms with Crippen LogP contribution in [0.3, 0.4) is 0 Å². The molecule has 2 amide bonds. The largest absolute Gasteiger partial charge is 0.507 e. The molecule has 0 bridgehead atoms. The molecule has 1 aliphatic rings. The van der Waals surface area contributed by atoms with E-state index < -0.39 is 56.7 Å². The van der Waals surface area contributed by atoms with E-state index >= 15 is 4.79 Å². The molecule has 15 nitrogen and oxygen atoms in total. The van der Waals surface area contributed by atoms with E-state index in [1.807, 2.05) is 0 Å². The Morgan fingerprint density at radius 2 is 1.68 bits per heavy atom. The number of anilines is 1. The average molecular weight is 785 g/mol. The van der Waals surface area contributed by atoms with Crippen molar-refractivity contribution in [3.63, 3.8) is 0 Å². The van der Waals surface area contributed by atoms with Crippen LogP contribution in [0.2, 0.25) is 0 Å². The summed E-state index contributed by atoms with van der Waals surface area (Å²) in [6, 6.07) is 20.0. The van der Waals surface area contributed by atoms with Gasteiger partial charge in [-0.05, 0) is 105 Å². The van der Waals surface area contributed by atoms with Gasteiger partial charge in [0, 0.05) is 17.7 Å². The van der Waals surface area contributed by atoms with Crippen molar-refractivity contribution in [1.29, 1.82) is 0 Å². The minimum absolute atomic E-state index is 0.0694. The van der Waals surface area contributed by atoms with Crippen LogP contribution >= 0.6 is 0 Å². The number of aromatic hydroxyl groups is 1. The number of benzene rings is 4. The zero-order valence-electron chi connectivity index (χ0n) is 31.3. The van der Waals surface area contributed by atoms with Crippen molar-refractivity contribution in [3.8, 4) is 23.1 Å². The first-order valence-corrected chi connectivity index (χ1v) is 19.2. The summed E-state index contributed by atoms with van der Waals surface area (Å²) in [5, 5.41) is 28.6. The van der Waals surface area contributed by atoms with E-state index in [2.05, 4.69) is 15.1 Å². The monoisotopic (exact) mass is 784 g/mol. The normalized spacial score (nSPS) is 15.5. The molecule has 1 aliphatic heterocycles. The first kappa shape index (κ1) is 39.3. The maximum absolute atomic E-state index is 15.1. The molecule has 0 spiro atoms. The Morgan fingerprint density at radius 1 is 1.00 bits per heavy atom. The van der Waals surface area contributed by atoms with Crippen LogP contribution in [0.4, 0.5) is 5.69 Å². The summed E-state index contributed by atoms with van der Waals surface area (Å²) in [6.45, 7) is 8.18. The van der Waals surface area contributed by atoms with Crippen LogP contribution in [-0.2, 0) is 35.4 Å². The lowest BCUT2D eigenvalue weighted by Gasteiger charge is -2.41. The minimum atomic E-state index is -4.47. The number of fused-ring (bicyclic) bond motifs is 1. The molecule has 2 N–H and O–H groups in total. The molecule has 4 aromatic carbocycles. The molecular formula is C40H40N4O11S. The number of sulfone groups is 1. The summed E-state index contributed by atoms with van der Waals surface area (Å²) in [5.74, 6) is -2.19. The van der Waals surface area contributed by atoms with E-state index in [0.29, 0.717) is 34.5 Å². The molecule has 0 fully saturated rings. The topological polar surface area (TPSA) is 202 Å². The standard InChI is InChI=1S/C40H40N4O11S/c1-6-52-32(45)23-41-36(47)33(27-14-13-17-29(22-27)53-37-38(44(49)55-42-37)56(50,51)30-18-11-8-12-19-30)43(28-15-9-7-10-16-28)39(48)40(5)21-20-31-26(4)34(46)24(2)25(3)35(31)54-40/h7-19,22,33,46H,6,20-21,23H2,1-5H3,(H,41,47). The number of ether oxygens (including phenoxy) is 3. The summed E-state index contributed by atoms with van der Waals surface area (Å²) >= 11 is 0. The maximum atomic E-state index is 15.1. The van der Waals surface area contributed by atoms with Gasteiger partial charge in [0.15, 0.2) is 5.60 Å². The number of phenolic OH excluding ortho intramolecular Hbond substituents is 1. The first-order valence-electron chi connectivity index (χ1n) is 17.7. The van der Waals surface area contributed by atoms with E-state index in [1.165, 1.54) is 47.4 Å². The number of rotatable bonds is 12. The van der Waals surface area contributed by atoms with E-state index in [0.717, 1.165) is 5.56 Å². The van der Waals surface area contributed by atoms with Gasteiger partial charge in [0.2, 0.25) is 5.91 Å². The zero-order chi connectivity index (χ0) is 40.4. The summed E-state index contributed by atoms with van der Waals surface area (Å²) in [5.41, 5.74) is 1.66. The number of hydrogen-bond donors (Lipinski definition) is 2. The van der Waals surface area contributed by atoms with Crippen molar-refractivity contribution < 1.29 is 51.7 Å². The number of carbonyl (C=O) groups is 3. The molecule has 5 aromatic rings. The van der Waals surface area contributed by atoms with Crippen molar-refractivity contribution >= 4 is 33.3 Å². The number of esters is 1. The second-order valence-corrected chi connectivity index (χ2v) is 15.2. The Labute approximate surface area is 322 Å². The highest BCUT2D eigenvalue weighted by molar-refractivity contribution is 7.91. The highest BCUT2D eigenvalue weighted by atomic mass is 32.2. The van der Waals surface area contributed by atoms with Gasteiger partial charge in [0.1, 0.15) is 29.8 Å². The Morgan fingerprint density at radius 3 is 2.36 bits per heavy atom. The molecule has 0 saturated carbocycles. The third-order valence-electron chi connectivity index (χ3n) is 9.69. The molecule has 0 aliphatic carbocycles. The summed E-state index contributed by atoms with van der Waals surface area (Å²) in [4.78, 5) is 42.7. The number of nitrogens with zero attached hydrogens (tertiary/aromatic N) is 3. The molecule has 292 valence electrons. The quantitative estimate of drug-likeness (QED) is 0.125. The number of para-hydroxylation sites is 1. The number of nitrogens with one attached hydrogen (secondary N) is 1. The molecule has 16 heteroatoms. The molecule has 2 heterocycles. The van der Waals surface area contributed by atoms with Crippen molar-refractivity contribution in [3.05, 3.63) is 118 Å². The van der Waals surface area contributed by atoms with Gasteiger partial charge in [-0.3, -0.25) is 23.9 Å². The molecule has 2 atom stereocenters. The van der Waals surface area contributed by atoms with Crippen LogP contribution in [0.15, 0.2) is 99.5 Å². The van der Waals surface area contributed by atoms with E-state index in [1.54, 1.807) is 77.1 Å². The molecular weight excluding hydrogens is 745 g/mol. The number of aromatic nitrogens is 2. The van der Waals surface area contributed by atoms with Crippen LogP contribution in [0.5, 0.6) is 23.1 Å². The van der Waals surface area contributed by atoms with Crippen LogP contribution in [0, 0.1) is 26.0 Å². The second-order valence-electron chi connectivity index (χ2n) is 13.3. The summed E-state index contributed by atoms with van der Waals surface area (Å²) in [6.07, 6.45) is 0.570. The van der Waals surface area contributed by atoms with Crippen LogP contribution in [0.25, 0.3) is 0 Å². The maximum Gasteiger partial charge on any atom is 0.420 e. The highest BCUT2D eigenvalue weighted by Crippen LogP contribution is 2.45. The SMILES string of the molecule is CCOC(=O)CNC(=O)C(c1cccc(Oc2no[n+]([O-])c2S(=O)(=O)c2ccccc2)c1)N(C(=O)C1(C)CCc2c(C)c(O)c(C)c(C)c2O1)c1ccccc1. The van der Waals surface area contributed by atoms with E-state index in [9.17, 15) is 28.3 Å². The smallest absolute Gasteiger partial charge is 0.420 e. The predicted molar refractivity (Wildman–Crippen MR) is 200 cm³/mol. The number of amides is 2. The minimum Gasteiger partial charge on any atom is -0.507 e. The van der Waals surface area contributed by atoms with Crippen LogP contribution in [-0.4, -0.2) is 55.2 Å². The fraction of sp³-hybridized carbons (Fsp3) is 0.275. The lowest BCUT2D eigenvalue weighted by atomic mass is 9.85. The van der Waals surface area contributed by atoms with Crippen LogP contribution in [0.1, 0.15) is 54.1 Å². The van der Waals surface area contributed by atoms with Gasteiger partial charge in [-0.15, -0.1) is 0 Å². The molecule has 2 unspecified atom stereocenters. The number of carbonyl (C=O) groups excluding carboxylic acids is 3. The Hall–Kier alpha value is -6.42. The lowest BCUT2D eigenvalue weighted by Crippen LogP contribution is -2.56. The lowest BCUT2D eigenvalue weighted by molar-refractivity contribution is -0.832. The molecule has 0 saturated heterocycles. The van der Waals surface area contributed by atoms with Gasteiger partial charge in [-0.2, -0.15) is 0 Å². The Balaban J connectivity index is 1.44. The van der Waals surface area contributed by atoms with Gasteiger partial charge >= 0.3 is 16.9 Å². The van der Waals surface area contributed by atoms with Gasteiger partial charge in [0.05, 0.1) is 16.7 Å². The Bertz CT molecular complexity index is 2400. The van der Waals surface area contributed by atoms with Gasteiger partial charge < -0.3 is 29.8 Å².